The molecular weight excluding hydrogens is 327 g/mol. The summed E-state index contributed by atoms with van der Waals surface area (Å²) in [6.45, 7) is 2.24. The number of furan rings is 1. The van der Waals surface area contributed by atoms with E-state index in [2.05, 4.69) is 10.6 Å². The van der Waals surface area contributed by atoms with Gasteiger partial charge in [0.2, 0.25) is 0 Å². The van der Waals surface area contributed by atoms with Crippen LogP contribution in [0.15, 0.2) is 22.6 Å². The summed E-state index contributed by atoms with van der Waals surface area (Å²) in [4.78, 5) is 23.0. The first-order valence-electron chi connectivity index (χ1n) is 8.36. The third-order valence-corrected chi connectivity index (χ3v) is 5.56. The molecule has 2 amide bonds. The van der Waals surface area contributed by atoms with Crippen LogP contribution in [-0.2, 0) is 11.2 Å². The number of benzene rings is 1. The molecule has 2 saturated carbocycles. The van der Waals surface area contributed by atoms with Gasteiger partial charge in [0.1, 0.15) is 17.2 Å². The van der Waals surface area contributed by atoms with Crippen LogP contribution in [0.3, 0.4) is 0 Å². The van der Waals surface area contributed by atoms with Crippen LogP contribution in [0.25, 0.3) is 11.0 Å². The molecule has 0 saturated heterocycles. The molecule has 3 N–H and O–H groups in total. The number of aliphatic carboxylic acids is 1. The van der Waals surface area contributed by atoms with Gasteiger partial charge < -0.3 is 20.2 Å². The quantitative estimate of drug-likeness (QED) is 0.776. The highest BCUT2D eigenvalue weighted by atomic mass is 19.1. The van der Waals surface area contributed by atoms with Crippen LogP contribution in [0.4, 0.5) is 9.18 Å². The average Bonchev–Trinajstić information content (AvgIpc) is 3.05. The molecule has 3 atom stereocenters. The summed E-state index contributed by atoms with van der Waals surface area (Å²) in [6, 6.07) is 4.10. The van der Waals surface area contributed by atoms with E-state index < -0.39 is 11.4 Å². The number of hydrogen-bond acceptors (Lipinski definition) is 3. The van der Waals surface area contributed by atoms with Gasteiger partial charge in [0.05, 0.1) is 5.41 Å². The van der Waals surface area contributed by atoms with Crippen LogP contribution in [0.5, 0.6) is 0 Å². The second-order valence-corrected chi connectivity index (χ2v) is 7.01. The molecule has 4 rings (SSSR count). The predicted octanol–water partition coefficient (Wildman–Crippen LogP) is 2.59. The maximum Gasteiger partial charge on any atom is 0.315 e. The third-order valence-electron chi connectivity index (χ3n) is 5.56. The molecule has 2 aromatic rings. The third kappa shape index (κ3) is 2.54. The highest BCUT2D eigenvalue weighted by molar-refractivity contribution is 5.83. The summed E-state index contributed by atoms with van der Waals surface area (Å²) < 4.78 is 18.8. The lowest BCUT2D eigenvalue weighted by molar-refractivity contribution is -0.147. The zero-order valence-electron chi connectivity index (χ0n) is 13.8. The summed E-state index contributed by atoms with van der Waals surface area (Å²) >= 11 is 0. The molecule has 2 aliphatic rings. The lowest BCUT2D eigenvalue weighted by Gasteiger charge is -2.32. The van der Waals surface area contributed by atoms with Crippen LogP contribution in [-0.4, -0.2) is 29.7 Å². The van der Waals surface area contributed by atoms with Crippen molar-refractivity contribution in [3.8, 4) is 0 Å². The van der Waals surface area contributed by atoms with Gasteiger partial charge in [-0.05, 0) is 44.2 Å². The number of carbonyl (C=O) groups is 2. The normalized spacial score (nSPS) is 26.6. The van der Waals surface area contributed by atoms with Crippen molar-refractivity contribution in [2.24, 2.45) is 11.3 Å². The Morgan fingerprint density at radius 1 is 1.40 bits per heavy atom. The molecule has 25 heavy (non-hydrogen) atoms. The van der Waals surface area contributed by atoms with E-state index in [1.54, 1.807) is 6.07 Å². The molecule has 7 heteroatoms. The van der Waals surface area contributed by atoms with Crippen molar-refractivity contribution in [3.05, 3.63) is 35.3 Å². The van der Waals surface area contributed by atoms with Gasteiger partial charge in [-0.25, -0.2) is 9.18 Å². The summed E-state index contributed by atoms with van der Waals surface area (Å²) in [5, 5.41) is 15.6. The number of nitrogens with one attached hydrogen (secondary N) is 2. The molecule has 0 unspecified atom stereocenters. The number of hydrogen-bond donors (Lipinski definition) is 3. The van der Waals surface area contributed by atoms with Gasteiger partial charge in [0.15, 0.2) is 0 Å². The molecule has 2 aliphatic carbocycles. The van der Waals surface area contributed by atoms with Gasteiger partial charge in [-0.15, -0.1) is 0 Å². The van der Waals surface area contributed by atoms with Crippen molar-refractivity contribution in [1.82, 2.24) is 10.6 Å². The number of rotatable bonds is 5. The first-order valence-corrected chi connectivity index (χ1v) is 8.36. The Hall–Kier alpha value is -2.57. The van der Waals surface area contributed by atoms with Gasteiger partial charge in [0, 0.05) is 29.6 Å². The number of carbonyl (C=O) groups excluding carboxylic acids is 1. The Kier molecular flexibility index (Phi) is 3.49. The second-order valence-electron chi connectivity index (χ2n) is 7.01. The molecule has 1 aromatic carbocycles. The van der Waals surface area contributed by atoms with E-state index in [4.69, 9.17) is 9.52 Å². The molecule has 6 nitrogen and oxygen atoms in total. The standard InChI is InChI=1S/C18H19FN2O4/c1-9-11(12-3-2-10(19)6-15(12)25-9)4-5-20-17(24)21-14-8-18(16(22)23)7-13(14)18/h2-3,6,13-14H,4-5,7-8H2,1H3,(H,22,23)(H2,20,21,24)/t13-,14-,18-/m1/s1. The number of carboxylic acid groups (broad SMARTS) is 1. The second kappa shape index (κ2) is 5.47. The largest absolute Gasteiger partial charge is 0.481 e. The Bertz CT molecular complexity index is 877. The zero-order valence-corrected chi connectivity index (χ0v) is 13.8. The predicted molar refractivity (Wildman–Crippen MR) is 87.7 cm³/mol. The lowest BCUT2D eigenvalue weighted by Crippen LogP contribution is -2.51. The highest BCUT2D eigenvalue weighted by Gasteiger charge is 2.72. The molecule has 0 spiro atoms. The van der Waals surface area contributed by atoms with Crippen LogP contribution >= 0.6 is 0 Å². The maximum atomic E-state index is 13.2. The topological polar surface area (TPSA) is 91.6 Å². The summed E-state index contributed by atoms with van der Waals surface area (Å²) in [7, 11) is 0. The van der Waals surface area contributed by atoms with Crippen molar-refractivity contribution in [1.29, 1.82) is 0 Å². The number of amides is 2. The van der Waals surface area contributed by atoms with Gasteiger partial charge in [-0.2, -0.15) is 0 Å². The maximum absolute atomic E-state index is 13.2. The smallest absolute Gasteiger partial charge is 0.315 e. The minimum atomic E-state index is -0.755. The zero-order chi connectivity index (χ0) is 17.8. The van der Waals surface area contributed by atoms with E-state index in [1.807, 2.05) is 6.92 Å². The van der Waals surface area contributed by atoms with Crippen LogP contribution in [0.2, 0.25) is 0 Å². The minimum Gasteiger partial charge on any atom is -0.481 e. The van der Waals surface area contributed by atoms with Crippen molar-refractivity contribution in [2.75, 3.05) is 6.54 Å². The van der Waals surface area contributed by atoms with E-state index in [1.165, 1.54) is 12.1 Å². The van der Waals surface area contributed by atoms with Gasteiger partial charge in [-0.1, -0.05) is 0 Å². The molecule has 0 aliphatic heterocycles. The Morgan fingerprint density at radius 2 is 2.20 bits per heavy atom. The molecule has 132 valence electrons. The van der Waals surface area contributed by atoms with Crippen molar-refractivity contribution in [3.63, 3.8) is 0 Å². The Balaban J connectivity index is 1.29. The summed E-state index contributed by atoms with van der Waals surface area (Å²) in [5.41, 5.74) is 0.885. The van der Waals surface area contributed by atoms with Gasteiger partial charge in [0.25, 0.3) is 0 Å². The average molecular weight is 346 g/mol. The molecule has 0 radical (unpaired) electrons. The van der Waals surface area contributed by atoms with E-state index in [-0.39, 0.29) is 23.8 Å². The van der Waals surface area contributed by atoms with Gasteiger partial charge in [-0.3, -0.25) is 4.79 Å². The van der Waals surface area contributed by atoms with Crippen LogP contribution in [0, 0.1) is 24.1 Å². The number of fused-ring (bicyclic) bond motifs is 2. The number of halogens is 1. The number of carboxylic acids is 1. The monoisotopic (exact) mass is 346 g/mol. The van der Waals surface area contributed by atoms with Gasteiger partial charge >= 0.3 is 12.0 Å². The van der Waals surface area contributed by atoms with Crippen LogP contribution < -0.4 is 10.6 Å². The fourth-order valence-corrected chi connectivity index (χ4v) is 4.03. The summed E-state index contributed by atoms with van der Waals surface area (Å²) in [5.74, 6) is -0.310. The lowest BCUT2D eigenvalue weighted by atomic mass is 9.80. The molecular formula is C18H19FN2O4. The highest BCUT2D eigenvalue weighted by Crippen LogP contribution is 2.67. The number of urea groups is 1. The van der Waals surface area contributed by atoms with E-state index in [0.29, 0.717) is 37.2 Å². The first-order chi connectivity index (χ1) is 11.9. The first kappa shape index (κ1) is 15.9. The van der Waals surface area contributed by atoms with Crippen molar-refractivity contribution in [2.45, 2.75) is 32.2 Å². The number of aryl methyl sites for hydroxylation is 1. The molecule has 1 aromatic heterocycles. The molecule has 2 fully saturated rings. The SMILES string of the molecule is Cc1oc2cc(F)ccc2c1CCNC(=O)N[C@@H]1C[C@]2(C(=O)O)C[C@H]12. The Labute approximate surface area is 143 Å². The fraction of sp³-hybridized carbons (Fsp3) is 0.444. The summed E-state index contributed by atoms with van der Waals surface area (Å²) in [6.07, 6.45) is 1.74. The van der Waals surface area contributed by atoms with Crippen molar-refractivity contribution < 1.29 is 23.5 Å². The van der Waals surface area contributed by atoms with Crippen LogP contribution in [0.1, 0.15) is 24.2 Å². The molecule has 1 heterocycles. The van der Waals surface area contributed by atoms with E-state index >= 15 is 0 Å². The minimum absolute atomic E-state index is 0.0458. The van der Waals surface area contributed by atoms with Crippen molar-refractivity contribution >= 4 is 23.0 Å². The van der Waals surface area contributed by atoms with E-state index in [0.717, 1.165) is 10.9 Å². The van der Waals surface area contributed by atoms with E-state index in [9.17, 15) is 14.0 Å². The fourth-order valence-electron chi connectivity index (χ4n) is 4.03. The Morgan fingerprint density at radius 3 is 2.88 bits per heavy atom. The molecule has 0 bridgehead atoms.